The van der Waals surface area contributed by atoms with Gasteiger partial charge in [0.15, 0.2) is 5.82 Å². The van der Waals surface area contributed by atoms with Crippen molar-refractivity contribution in [1.29, 1.82) is 0 Å². The van der Waals surface area contributed by atoms with Gasteiger partial charge in [0.2, 0.25) is 11.9 Å². The fourth-order valence-electron chi connectivity index (χ4n) is 5.46. The maximum atomic E-state index is 13.2. The molecule has 6 rings (SSSR count). The lowest BCUT2D eigenvalue weighted by atomic mass is 10.0. The van der Waals surface area contributed by atoms with Gasteiger partial charge in [0.05, 0.1) is 23.8 Å². The number of anilines is 6. The highest BCUT2D eigenvalue weighted by atomic mass is 35.5. The zero-order chi connectivity index (χ0) is 30.5. The second-order valence-corrected chi connectivity index (χ2v) is 11.3. The standard InChI is InChI=1S/C32H32ClN9O2/c1-34-16-23-4-2-3-5-27(23)40-32(44)42-11-10-21(19-42)13-29(43)39-28-9-8-24-14-22(28)7-6-20-12-25(17-35-15-20)38-31-36-18-26(33)30(37-24)41-31/h2-5,8-9,12,14-18,21H,6-7,10-11,13,19H2,1H3,(H,39,43)(H,40,44)(H2,36,37,38,41)/t21-/m1/s1. The molecule has 1 fully saturated rings. The number of nitrogens with one attached hydrogen (secondary N) is 4. The van der Waals surface area contributed by atoms with Gasteiger partial charge in [-0.05, 0) is 66.6 Å². The first-order chi connectivity index (χ1) is 21.4. The smallest absolute Gasteiger partial charge is 0.321 e. The summed E-state index contributed by atoms with van der Waals surface area (Å²) in [6.07, 6.45) is 9.27. The van der Waals surface area contributed by atoms with Crippen molar-refractivity contribution >= 4 is 64.3 Å². The van der Waals surface area contributed by atoms with Gasteiger partial charge in [0.1, 0.15) is 5.02 Å². The van der Waals surface area contributed by atoms with Crippen LogP contribution in [0, 0.1) is 5.92 Å². The zero-order valence-electron chi connectivity index (χ0n) is 24.2. The number of urea groups is 1. The highest BCUT2D eigenvalue weighted by Gasteiger charge is 2.28. The van der Waals surface area contributed by atoms with Gasteiger partial charge in [-0.2, -0.15) is 4.98 Å². The molecule has 2 aromatic heterocycles. The lowest BCUT2D eigenvalue weighted by Gasteiger charge is -2.18. The molecule has 12 heteroatoms. The second-order valence-electron chi connectivity index (χ2n) is 10.9. The van der Waals surface area contributed by atoms with Crippen LogP contribution in [0.1, 0.15) is 29.5 Å². The van der Waals surface area contributed by atoms with Crippen molar-refractivity contribution in [3.63, 3.8) is 0 Å². The van der Waals surface area contributed by atoms with Crippen molar-refractivity contribution < 1.29 is 9.59 Å². The van der Waals surface area contributed by atoms with Gasteiger partial charge < -0.3 is 26.2 Å². The summed E-state index contributed by atoms with van der Waals surface area (Å²) >= 11 is 6.39. The Hall–Kier alpha value is -5.03. The summed E-state index contributed by atoms with van der Waals surface area (Å²) in [6.45, 7) is 1.10. The quantitative estimate of drug-likeness (QED) is 0.202. The van der Waals surface area contributed by atoms with E-state index in [4.69, 9.17) is 11.6 Å². The predicted octanol–water partition coefficient (Wildman–Crippen LogP) is 6.04. The Morgan fingerprint density at radius 3 is 2.82 bits per heavy atom. The molecule has 0 saturated carbocycles. The summed E-state index contributed by atoms with van der Waals surface area (Å²) in [5.74, 6) is 0.845. The maximum Gasteiger partial charge on any atom is 0.321 e. The Bertz CT molecular complexity index is 1730. The lowest BCUT2D eigenvalue weighted by molar-refractivity contribution is -0.117. The number of benzene rings is 2. The van der Waals surface area contributed by atoms with E-state index in [1.807, 2.05) is 54.7 Å². The molecule has 0 spiro atoms. The first kappa shape index (κ1) is 29.1. The van der Waals surface area contributed by atoms with E-state index in [0.717, 1.165) is 40.2 Å². The van der Waals surface area contributed by atoms with Gasteiger partial charge in [0, 0.05) is 55.9 Å². The molecular formula is C32H32ClN9O2. The Labute approximate surface area is 260 Å². The number of hydrogen-bond acceptors (Lipinski definition) is 8. The number of pyridine rings is 1. The van der Waals surface area contributed by atoms with Crippen molar-refractivity contribution in [2.75, 3.05) is 41.4 Å². The van der Waals surface area contributed by atoms with Crippen molar-refractivity contribution in [1.82, 2.24) is 19.9 Å². The highest BCUT2D eigenvalue weighted by molar-refractivity contribution is 6.32. The molecule has 0 aliphatic carbocycles. The number of rotatable bonds is 5. The molecule has 3 amide bonds. The van der Waals surface area contributed by atoms with Crippen molar-refractivity contribution in [3.8, 4) is 0 Å². The summed E-state index contributed by atoms with van der Waals surface area (Å²) in [6, 6.07) is 15.1. The summed E-state index contributed by atoms with van der Waals surface area (Å²) < 4.78 is 0. The summed E-state index contributed by atoms with van der Waals surface area (Å²) in [4.78, 5) is 45.2. The minimum Gasteiger partial charge on any atom is -0.339 e. The number of halogens is 1. The minimum absolute atomic E-state index is 0.0645. The molecule has 11 nitrogen and oxygen atoms in total. The van der Waals surface area contributed by atoms with Gasteiger partial charge in [-0.1, -0.05) is 29.8 Å². The van der Waals surface area contributed by atoms with E-state index < -0.39 is 0 Å². The number of hydrogen-bond donors (Lipinski definition) is 4. The first-order valence-electron chi connectivity index (χ1n) is 14.4. The molecular weight excluding hydrogens is 578 g/mol. The average molecular weight is 610 g/mol. The number of likely N-dealkylation sites (tertiary alicyclic amines) is 1. The van der Waals surface area contributed by atoms with E-state index >= 15 is 0 Å². The van der Waals surface area contributed by atoms with Crippen LogP contribution >= 0.6 is 11.6 Å². The molecule has 44 heavy (non-hydrogen) atoms. The lowest BCUT2D eigenvalue weighted by Crippen LogP contribution is -2.33. The predicted molar refractivity (Wildman–Crippen MR) is 174 cm³/mol. The van der Waals surface area contributed by atoms with Gasteiger partial charge in [-0.15, -0.1) is 0 Å². The normalized spacial score (nSPS) is 15.8. The molecule has 2 aromatic carbocycles. The number of nitrogens with zero attached hydrogens (tertiary/aromatic N) is 5. The van der Waals surface area contributed by atoms with Crippen LogP contribution in [0.25, 0.3) is 0 Å². The molecule has 2 aliphatic rings. The Kier molecular flexibility index (Phi) is 8.64. The van der Waals surface area contributed by atoms with E-state index in [9.17, 15) is 9.59 Å². The molecule has 1 atom stereocenters. The molecule has 2 aliphatic heterocycles. The number of fused-ring (bicyclic) bond motifs is 6. The third kappa shape index (κ3) is 6.95. The van der Waals surface area contributed by atoms with Gasteiger partial charge >= 0.3 is 6.03 Å². The summed E-state index contributed by atoms with van der Waals surface area (Å²) in [7, 11) is 1.69. The fourth-order valence-corrected chi connectivity index (χ4v) is 5.59. The Morgan fingerprint density at radius 2 is 1.93 bits per heavy atom. The number of aliphatic imine (C=N–C) groups is 1. The van der Waals surface area contributed by atoms with Crippen molar-refractivity contribution in [2.24, 2.45) is 10.9 Å². The van der Waals surface area contributed by atoms with E-state index in [1.165, 1.54) is 0 Å². The highest BCUT2D eigenvalue weighted by Crippen LogP contribution is 2.30. The monoisotopic (exact) mass is 609 g/mol. The number of aryl methyl sites for hydroxylation is 2. The molecule has 224 valence electrons. The van der Waals surface area contributed by atoms with E-state index in [-0.39, 0.29) is 17.9 Å². The van der Waals surface area contributed by atoms with Crippen molar-refractivity contribution in [3.05, 3.63) is 88.8 Å². The molecule has 0 radical (unpaired) electrons. The van der Waals surface area contributed by atoms with Crippen LogP contribution in [-0.4, -0.2) is 58.1 Å². The second kappa shape index (κ2) is 13.1. The zero-order valence-corrected chi connectivity index (χ0v) is 24.9. The number of aromatic nitrogens is 3. The SMILES string of the molecule is CN=Cc1ccccc1NC(=O)N1CC[C@H](CC(=O)Nc2ccc3cc2CCc2cncc(c2)Nc2ncc(Cl)c(n2)N3)C1. The van der Waals surface area contributed by atoms with Gasteiger partial charge in [-0.3, -0.25) is 14.8 Å². The summed E-state index contributed by atoms with van der Waals surface area (Å²) in [5.41, 5.74) is 5.85. The summed E-state index contributed by atoms with van der Waals surface area (Å²) in [5, 5.41) is 13.0. The Balaban J connectivity index is 1.13. The van der Waals surface area contributed by atoms with Crippen LogP contribution in [0.5, 0.6) is 0 Å². The topological polar surface area (TPSA) is 137 Å². The largest absolute Gasteiger partial charge is 0.339 e. The van der Waals surface area contributed by atoms with E-state index in [2.05, 4.69) is 41.2 Å². The number of para-hydroxylation sites is 1. The Morgan fingerprint density at radius 1 is 1.05 bits per heavy atom. The van der Waals surface area contributed by atoms with Crippen LogP contribution in [0.2, 0.25) is 5.02 Å². The first-order valence-corrected chi connectivity index (χ1v) is 14.8. The van der Waals surface area contributed by atoms with Gasteiger partial charge in [-0.25, -0.2) is 9.78 Å². The maximum absolute atomic E-state index is 13.2. The number of carbonyl (C=O) groups excluding carboxylic acids is 2. The molecule has 6 bridgehead atoms. The van der Waals surface area contributed by atoms with Crippen LogP contribution in [0.15, 0.2) is 72.1 Å². The van der Waals surface area contributed by atoms with Gasteiger partial charge in [0.25, 0.3) is 0 Å². The number of carbonyl (C=O) groups is 2. The number of amides is 3. The van der Waals surface area contributed by atoms with E-state index in [1.54, 1.807) is 30.6 Å². The fraction of sp³-hybridized carbons (Fsp3) is 0.250. The molecule has 4 aromatic rings. The molecule has 1 saturated heterocycles. The molecule has 4 heterocycles. The third-order valence-corrected chi connectivity index (χ3v) is 7.91. The third-order valence-electron chi connectivity index (χ3n) is 7.64. The van der Waals surface area contributed by atoms with Crippen molar-refractivity contribution in [2.45, 2.75) is 25.7 Å². The van der Waals surface area contributed by atoms with Crippen LogP contribution in [0.4, 0.5) is 39.3 Å². The van der Waals surface area contributed by atoms with Crippen LogP contribution in [0.3, 0.4) is 0 Å². The molecule has 4 N–H and O–H groups in total. The minimum atomic E-state index is -0.177. The average Bonchev–Trinajstić information content (AvgIpc) is 3.48. The van der Waals surface area contributed by atoms with Crippen LogP contribution < -0.4 is 21.3 Å². The van der Waals surface area contributed by atoms with Crippen LogP contribution in [-0.2, 0) is 17.6 Å². The molecule has 0 unspecified atom stereocenters. The van der Waals surface area contributed by atoms with E-state index in [0.29, 0.717) is 54.8 Å².